The van der Waals surface area contributed by atoms with Crippen molar-refractivity contribution in [1.82, 2.24) is 0 Å². The molecular weight excluding hydrogens is 268 g/mol. The molecule has 5 heteroatoms. The summed E-state index contributed by atoms with van der Waals surface area (Å²) in [7, 11) is 1.27. The number of rotatable bonds is 3. The Morgan fingerprint density at radius 3 is 2.74 bits per heavy atom. The molecule has 0 spiro atoms. The fourth-order valence-electron chi connectivity index (χ4n) is 1.71. The van der Waals surface area contributed by atoms with Crippen molar-refractivity contribution in [3.05, 3.63) is 58.0 Å². The molecule has 2 rings (SSSR count). The van der Waals surface area contributed by atoms with Gasteiger partial charge in [-0.15, -0.1) is 0 Å². The highest BCUT2D eigenvalue weighted by molar-refractivity contribution is 6.31. The summed E-state index contributed by atoms with van der Waals surface area (Å²) in [6.45, 7) is 1.85. The van der Waals surface area contributed by atoms with Crippen molar-refractivity contribution in [2.75, 3.05) is 7.11 Å². The van der Waals surface area contributed by atoms with Gasteiger partial charge in [0.15, 0.2) is 0 Å². The Balaban J connectivity index is 2.28. The second-order valence-electron chi connectivity index (χ2n) is 4.10. The minimum absolute atomic E-state index is 0.0576. The molecule has 0 aliphatic carbocycles. The van der Waals surface area contributed by atoms with E-state index in [2.05, 4.69) is 4.74 Å². The summed E-state index contributed by atoms with van der Waals surface area (Å²) < 4.78 is 9.80. The summed E-state index contributed by atoms with van der Waals surface area (Å²) in [5, 5.41) is 10.8. The van der Waals surface area contributed by atoms with E-state index in [1.54, 1.807) is 24.3 Å². The lowest BCUT2D eigenvalue weighted by molar-refractivity contribution is 0.0558. The number of ether oxygens (including phenoxy) is 1. The van der Waals surface area contributed by atoms with Crippen molar-refractivity contribution >= 4 is 17.6 Å². The van der Waals surface area contributed by atoms with Crippen LogP contribution in [-0.4, -0.2) is 18.2 Å². The maximum atomic E-state index is 11.3. The molecule has 2 aromatic rings. The Morgan fingerprint density at radius 1 is 1.37 bits per heavy atom. The number of aliphatic hydroxyl groups excluding tert-OH is 1. The van der Waals surface area contributed by atoms with E-state index in [1.807, 2.05) is 6.92 Å². The number of aryl methyl sites for hydroxylation is 1. The highest BCUT2D eigenvalue weighted by atomic mass is 35.5. The minimum Gasteiger partial charge on any atom is -0.463 e. The fourth-order valence-corrected chi connectivity index (χ4v) is 1.83. The first-order valence-electron chi connectivity index (χ1n) is 5.65. The van der Waals surface area contributed by atoms with E-state index in [4.69, 9.17) is 16.0 Å². The number of carbonyl (C=O) groups is 1. The number of hydrogen-bond acceptors (Lipinski definition) is 4. The zero-order valence-electron chi connectivity index (χ0n) is 10.5. The molecule has 0 saturated carbocycles. The maximum absolute atomic E-state index is 11.3. The second kappa shape index (κ2) is 5.47. The number of methoxy groups -OCH3 is 1. The molecule has 1 aromatic carbocycles. The van der Waals surface area contributed by atoms with Crippen LogP contribution in [0.5, 0.6) is 0 Å². The van der Waals surface area contributed by atoms with Crippen LogP contribution >= 0.6 is 11.6 Å². The van der Waals surface area contributed by atoms with Crippen LogP contribution in [0.3, 0.4) is 0 Å². The molecule has 0 amide bonds. The second-order valence-corrected chi connectivity index (χ2v) is 4.51. The number of furan rings is 1. The number of carbonyl (C=O) groups excluding carboxylic acids is 1. The van der Waals surface area contributed by atoms with Gasteiger partial charge in [-0.1, -0.05) is 23.7 Å². The lowest BCUT2D eigenvalue weighted by atomic mass is 10.1. The SMILES string of the molecule is COC(=O)c1ccc(C(O)c2ccc(Cl)c(C)c2)o1. The van der Waals surface area contributed by atoms with Gasteiger partial charge in [0.25, 0.3) is 0 Å². The van der Waals surface area contributed by atoms with Gasteiger partial charge in [-0.05, 0) is 36.2 Å². The molecule has 19 heavy (non-hydrogen) atoms. The molecule has 1 heterocycles. The first-order chi connectivity index (χ1) is 9.02. The average Bonchev–Trinajstić information content (AvgIpc) is 2.89. The summed E-state index contributed by atoms with van der Waals surface area (Å²) in [6.07, 6.45) is -0.950. The molecule has 0 aliphatic heterocycles. The molecular formula is C14H13ClO4. The van der Waals surface area contributed by atoms with Crippen LogP contribution in [0.25, 0.3) is 0 Å². The van der Waals surface area contributed by atoms with Gasteiger partial charge >= 0.3 is 5.97 Å². The van der Waals surface area contributed by atoms with Crippen LogP contribution in [0.1, 0.15) is 33.5 Å². The van der Waals surface area contributed by atoms with Gasteiger partial charge in [0.2, 0.25) is 5.76 Å². The van der Waals surface area contributed by atoms with Crippen LogP contribution in [0.2, 0.25) is 5.02 Å². The highest BCUT2D eigenvalue weighted by Gasteiger charge is 2.18. The topological polar surface area (TPSA) is 59.7 Å². The normalized spacial score (nSPS) is 12.2. The van der Waals surface area contributed by atoms with Gasteiger partial charge in [-0.3, -0.25) is 0 Å². The van der Waals surface area contributed by atoms with Crippen LogP contribution in [0.15, 0.2) is 34.7 Å². The number of hydrogen-bond donors (Lipinski definition) is 1. The molecule has 1 unspecified atom stereocenters. The van der Waals surface area contributed by atoms with E-state index in [0.29, 0.717) is 10.6 Å². The molecule has 1 atom stereocenters. The third-order valence-corrected chi connectivity index (χ3v) is 3.20. The smallest absolute Gasteiger partial charge is 0.373 e. The Morgan fingerprint density at radius 2 is 2.11 bits per heavy atom. The van der Waals surface area contributed by atoms with E-state index in [-0.39, 0.29) is 11.5 Å². The molecule has 1 aromatic heterocycles. The highest BCUT2D eigenvalue weighted by Crippen LogP contribution is 2.27. The Hall–Kier alpha value is -1.78. The van der Waals surface area contributed by atoms with E-state index in [9.17, 15) is 9.90 Å². The van der Waals surface area contributed by atoms with E-state index >= 15 is 0 Å². The number of aliphatic hydroxyl groups is 1. The van der Waals surface area contributed by atoms with Crippen LogP contribution in [-0.2, 0) is 4.74 Å². The lowest BCUT2D eigenvalue weighted by Crippen LogP contribution is -2.00. The van der Waals surface area contributed by atoms with Crippen molar-refractivity contribution in [2.45, 2.75) is 13.0 Å². The Bertz CT molecular complexity index is 603. The molecule has 4 nitrogen and oxygen atoms in total. The quantitative estimate of drug-likeness (QED) is 0.878. The zero-order chi connectivity index (χ0) is 14.0. The minimum atomic E-state index is -0.950. The molecule has 0 radical (unpaired) electrons. The van der Waals surface area contributed by atoms with Gasteiger partial charge < -0.3 is 14.3 Å². The first-order valence-corrected chi connectivity index (χ1v) is 6.03. The third kappa shape index (κ3) is 2.80. The summed E-state index contributed by atoms with van der Waals surface area (Å²) in [4.78, 5) is 11.3. The number of halogens is 1. The maximum Gasteiger partial charge on any atom is 0.373 e. The molecule has 0 aliphatic rings. The molecule has 1 N–H and O–H groups in total. The predicted octanol–water partition coefficient (Wildman–Crippen LogP) is 3.11. The zero-order valence-corrected chi connectivity index (χ0v) is 11.3. The Kier molecular flexibility index (Phi) is 3.93. The van der Waals surface area contributed by atoms with Crippen molar-refractivity contribution in [1.29, 1.82) is 0 Å². The van der Waals surface area contributed by atoms with E-state index < -0.39 is 12.1 Å². The van der Waals surface area contributed by atoms with E-state index in [0.717, 1.165) is 5.56 Å². The number of esters is 1. The predicted molar refractivity (Wildman–Crippen MR) is 70.3 cm³/mol. The average molecular weight is 281 g/mol. The van der Waals surface area contributed by atoms with Gasteiger partial charge in [0, 0.05) is 5.02 Å². The van der Waals surface area contributed by atoms with Gasteiger partial charge in [-0.2, -0.15) is 0 Å². The van der Waals surface area contributed by atoms with Gasteiger partial charge in [0.05, 0.1) is 7.11 Å². The van der Waals surface area contributed by atoms with Crippen LogP contribution in [0.4, 0.5) is 0 Å². The molecule has 100 valence electrons. The van der Waals surface area contributed by atoms with Gasteiger partial charge in [0.1, 0.15) is 11.9 Å². The van der Waals surface area contributed by atoms with Crippen LogP contribution < -0.4 is 0 Å². The molecule has 0 fully saturated rings. The van der Waals surface area contributed by atoms with E-state index in [1.165, 1.54) is 13.2 Å². The van der Waals surface area contributed by atoms with Crippen molar-refractivity contribution < 1.29 is 19.1 Å². The number of benzene rings is 1. The Labute approximate surface area is 115 Å². The summed E-state index contributed by atoms with van der Waals surface area (Å²) in [5.74, 6) is -0.241. The van der Waals surface area contributed by atoms with Crippen LogP contribution in [0, 0.1) is 6.92 Å². The summed E-state index contributed by atoms with van der Waals surface area (Å²) in [6, 6.07) is 8.20. The van der Waals surface area contributed by atoms with Crippen molar-refractivity contribution in [2.24, 2.45) is 0 Å². The lowest BCUT2D eigenvalue weighted by Gasteiger charge is -2.09. The largest absolute Gasteiger partial charge is 0.463 e. The van der Waals surface area contributed by atoms with Crippen molar-refractivity contribution in [3.8, 4) is 0 Å². The molecule has 0 bridgehead atoms. The monoisotopic (exact) mass is 280 g/mol. The standard InChI is InChI=1S/C14H13ClO4/c1-8-7-9(3-4-10(8)15)13(16)11-5-6-12(19-11)14(17)18-2/h3-7,13,16H,1-2H3. The fraction of sp³-hybridized carbons (Fsp3) is 0.214. The summed E-state index contributed by atoms with van der Waals surface area (Å²) in [5.41, 5.74) is 1.51. The van der Waals surface area contributed by atoms with Gasteiger partial charge in [-0.25, -0.2) is 4.79 Å². The third-order valence-electron chi connectivity index (χ3n) is 2.78. The van der Waals surface area contributed by atoms with Crippen molar-refractivity contribution in [3.63, 3.8) is 0 Å². The first kappa shape index (κ1) is 13.6. The molecule has 0 saturated heterocycles. The summed E-state index contributed by atoms with van der Waals surface area (Å²) >= 11 is 5.93.